The predicted octanol–water partition coefficient (Wildman–Crippen LogP) is 5.46. The molecule has 360 valence electrons. The Morgan fingerprint density at radius 3 is 2.13 bits per heavy atom. The summed E-state index contributed by atoms with van der Waals surface area (Å²) < 4.78 is 33.0. The fraction of sp³-hybridized carbons (Fsp3) is 0.771. The smallest absolute Gasteiger partial charge is 0.397 e. The molecule has 1 aliphatic carbocycles. The maximum absolute atomic E-state index is 14.0. The number of hydrogen-bond acceptors (Lipinski definition) is 14. The molecule has 1 amide bonds. The number of ether oxygens (including phenoxy) is 6. The number of methoxy groups -OCH3 is 3. The number of rotatable bonds is 26. The van der Waals surface area contributed by atoms with Crippen LogP contribution in [-0.2, 0) is 52.4 Å². The van der Waals surface area contributed by atoms with Gasteiger partial charge in [-0.05, 0) is 109 Å². The van der Waals surface area contributed by atoms with Crippen LogP contribution in [0.5, 0.6) is 0 Å². The van der Waals surface area contributed by atoms with Crippen molar-refractivity contribution in [3.8, 4) is 0 Å². The molecule has 1 aliphatic heterocycles. The van der Waals surface area contributed by atoms with Crippen LogP contribution in [0, 0.1) is 29.6 Å². The van der Waals surface area contributed by atoms with Crippen LogP contribution >= 0.6 is 0 Å². The van der Waals surface area contributed by atoms with Crippen LogP contribution < -0.4 is 0 Å². The molecule has 0 unspecified atom stereocenters. The highest BCUT2D eigenvalue weighted by atomic mass is 16.6. The number of allylic oxidation sites excluding steroid dienone is 4. The van der Waals surface area contributed by atoms with E-state index in [1.165, 1.54) is 19.1 Å². The maximum atomic E-state index is 14.0. The standard InChI is InChI=1S/C48H79NO14/c1-12-17-35(23-29(4)22-30(5)24-41(59-10)43(53)42(60-11)26-32(7)46(55)61-13-2)39(52)28-38(51)33(8)44(31(6)25-34-19-20-37(50)40(27-34)58-9)63-47(56)36-18-15-16-21-49(36)45(54)48(57)62-14-3/h12,23,25,30,32-38,40-44,50-51,53H,1,13-22,24,26-28H2,2-11H3/b29-23+,31-25+/t30-,32+,33+,34-,35+,36-,37+,38-,40+,41-,42-,43+,44+/m0/s1. The van der Waals surface area contributed by atoms with E-state index in [2.05, 4.69) is 6.58 Å². The van der Waals surface area contributed by atoms with E-state index >= 15 is 0 Å². The number of Topliss-reactive ketones (excluding diaryl/α,β-unsaturated/α-hetero) is 1. The van der Waals surface area contributed by atoms with Crippen molar-refractivity contribution >= 4 is 29.6 Å². The van der Waals surface area contributed by atoms with Crippen LogP contribution in [0.2, 0.25) is 0 Å². The zero-order chi connectivity index (χ0) is 47.4. The highest BCUT2D eigenvalue weighted by Crippen LogP contribution is 2.33. The van der Waals surface area contributed by atoms with Crippen LogP contribution in [0.25, 0.3) is 0 Å². The topological polar surface area (TPSA) is 205 Å². The Bertz CT molecular complexity index is 1530. The van der Waals surface area contributed by atoms with Crippen molar-refractivity contribution in [2.75, 3.05) is 41.1 Å². The summed E-state index contributed by atoms with van der Waals surface area (Å²) in [6.07, 6.45) is 4.78. The van der Waals surface area contributed by atoms with E-state index < -0.39 is 78.3 Å². The largest absolute Gasteiger partial charge is 0.466 e. The minimum atomic E-state index is -1.23. The Kier molecular flexibility index (Phi) is 25.1. The second-order valence-electron chi connectivity index (χ2n) is 17.6. The van der Waals surface area contributed by atoms with Gasteiger partial charge in [0.25, 0.3) is 0 Å². The molecule has 1 saturated heterocycles. The third-order valence-corrected chi connectivity index (χ3v) is 12.5. The number of aliphatic hydroxyl groups excluding tert-OH is 3. The molecule has 3 N–H and O–H groups in total. The van der Waals surface area contributed by atoms with Gasteiger partial charge >= 0.3 is 23.8 Å². The van der Waals surface area contributed by atoms with Gasteiger partial charge in [-0.2, -0.15) is 0 Å². The summed E-state index contributed by atoms with van der Waals surface area (Å²) in [5, 5.41) is 33.4. The number of likely N-dealkylation sites (tertiary alicyclic amines) is 1. The number of aliphatic hydroxyl groups is 3. The molecule has 0 radical (unpaired) electrons. The molecular formula is C48H79NO14. The number of nitrogens with zero attached hydrogens (tertiary/aromatic N) is 1. The summed E-state index contributed by atoms with van der Waals surface area (Å²) in [5.41, 5.74) is 1.58. The normalized spacial score (nSPS) is 24.1. The molecule has 15 heteroatoms. The van der Waals surface area contributed by atoms with Gasteiger partial charge in [0, 0.05) is 46.1 Å². The fourth-order valence-electron chi connectivity index (χ4n) is 8.94. The fourth-order valence-corrected chi connectivity index (χ4v) is 8.94. The Labute approximate surface area is 375 Å². The van der Waals surface area contributed by atoms with Crippen molar-refractivity contribution in [3.63, 3.8) is 0 Å². The van der Waals surface area contributed by atoms with Gasteiger partial charge in [-0.3, -0.25) is 14.4 Å². The Morgan fingerprint density at radius 1 is 0.873 bits per heavy atom. The first-order chi connectivity index (χ1) is 29.9. The van der Waals surface area contributed by atoms with Crippen LogP contribution in [-0.4, -0.2) is 140 Å². The van der Waals surface area contributed by atoms with Crippen molar-refractivity contribution in [2.45, 2.75) is 168 Å². The molecule has 0 aromatic rings. The van der Waals surface area contributed by atoms with Crippen LogP contribution in [0.1, 0.15) is 119 Å². The zero-order valence-corrected chi connectivity index (χ0v) is 39.6. The Hall–Kier alpha value is -3.47. The maximum Gasteiger partial charge on any atom is 0.397 e. The number of ketones is 1. The molecule has 0 bridgehead atoms. The van der Waals surface area contributed by atoms with E-state index in [4.69, 9.17) is 28.4 Å². The first kappa shape index (κ1) is 55.7. The SMILES string of the molecule is C=CC[C@H](/C=C(\C)C[C@H](C)C[C@H](OC)[C@@H](O)[C@H](C[C@@H](C)C(=O)OCC)OC)C(=O)C[C@H](O)[C@@H](C)[C@H](OC(=O)[C@@H]1CCCCN1C(=O)C(=O)OCC)/C(C)=C/[C@@H]1CC[C@@H](O)[C@H](OC)C1. The van der Waals surface area contributed by atoms with Gasteiger partial charge in [-0.1, -0.05) is 44.6 Å². The number of carbonyl (C=O) groups is 5. The molecule has 2 aliphatic rings. The summed E-state index contributed by atoms with van der Waals surface area (Å²) in [5.74, 6) is -5.07. The molecule has 0 spiro atoms. The van der Waals surface area contributed by atoms with Crippen LogP contribution in [0.4, 0.5) is 0 Å². The van der Waals surface area contributed by atoms with Gasteiger partial charge in [0.05, 0.1) is 49.7 Å². The third-order valence-electron chi connectivity index (χ3n) is 12.5. The number of piperidine rings is 1. The second-order valence-corrected chi connectivity index (χ2v) is 17.6. The molecule has 15 nitrogen and oxygen atoms in total. The number of amides is 1. The third kappa shape index (κ3) is 17.5. The summed E-state index contributed by atoms with van der Waals surface area (Å²) in [6.45, 7) is 16.9. The molecule has 0 aromatic heterocycles. The Morgan fingerprint density at radius 2 is 1.52 bits per heavy atom. The number of esters is 3. The van der Waals surface area contributed by atoms with Crippen molar-refractivity contribution in [2.24, 2.45) is 29.6 Å². The van der Waals surface area contributed by atoms with E-state index in [0.717, 1.165) is 5.57 Å². The highest BCUT2D eigenvalue weighted by molar-refractivity contribution is 6.32. The minimum absolute atomic E-state index is 0.00877. The second kappa shape index (κ2) is 28.4. The van der Waals surface area contributed by atoms with Gasteiger partial charge in [-0.15, -0.1) is 6.58 Å². The highest BCUT2D eigenvalue weighted by Gasteiger charge is 2.40. The lowest BCUT2D eigenvalue weighted by molar-refractivity contribution is -0.169. The van der Waals surface area contributed by atoms with Gasteiger partial charge in [0.2, 0.25) is 0 Å². The first-order valence-corrected chi connectivity index (χ1v) is 22.8. The lowest BCUT2D eigenvalue weighted by Crippen LogP contribution is -2.52. The molecular weight excluding hydrogens is 815 g/mol. The van der Waals surface area contributed by atoms with E-state index in [-0.39, 0.29) is 68.7 Å². The van der Waals surface area contributed by atoms with Crippen molar-refractivity contribution in [1.29, 1.82) is 0 Å². The summed E-state index contributed by atoms with van der Waals surface area (Å²) in [7, 11) is 4.56. The van der Waals surface area contributed by atoms with Gasteiger partial charge in [-0.25, -0.2) is 9.59 Å². The van der Waals surface area contributed by atoms with E-state index in [1.54, 1.807) is 47.8 Å². The van der Waals surface area contributed by atoms with E-state index in [9.17, 15) is 39.3 Å². The van der Waals surface area contributed by atoms with Crippen molar-refractivity contribution in [1.82, 2.24) is 4.90 Å². The summed E-state index contributed by atoms with van der Waals surface area (Å²) >= 11 is 0. The lowest BCUT2D eigenvalue weighted by Gasteiger charge is -2.36. The number of carbonyl (C=O) groups excluding carboxylic acids is 5. The average Bonchev–Trinajstić information content (AvgIpc) is 3.25. The van der Waals surface area contributed by atoms with Crippen molar-refractivity contribution < 1.29 is 67.7 Å². The van der Waals surface area contributed by atoms with Crippen molar-refractivity contribution in [3.05, 3.63) is 36.0 Å². The quantitative estimate of drug-likeness (QED) is 0.0428. The van der Waals surface area contributed by atoms with Crippen LogP contribution in [0.15, 0.2) is 36.0 Å². The molecule has 2 rings (SSSR count). The van der Waals surface area contributed by atoms with Gasteiger partial charge < -0.3 is 48.6 Å². The summed E-state index contributed by atoms with van der Waals surface area (Å²) in [4.78, 5) is 66.9. The van der Waals surface area contributed by atoms with Crippen LogP contribution in [0.3, 0.4) is 0 Å². The molecule has 63 heavy (non-hydrogen) atoms. The molecule has 1 heterocycles. The van der Waals surface area contributed by atoms with Gasteiger partial charge in [0.15, 0.2) is 0 Å². The Balaban J connectivity index is 2.29. The minimum Gasteiger partial charge on any atom is -0.466 e. The average molecular weight is 894 g/mol. The lowest BCUT2D eigenvalue weighted by atomic mass is 9.81. The summed E-state index contributed by atoms with van der Waals surface area (Å²) in [6, 6.07) is -1.03. The first-order valence-electron chi connectivity index (χ1n) is 22.8. The molecule has 0 aromatic carbocycles. The monoisotopic (exact) mass is 894 g/mol. The predicted molar refractivity (Wildman–Crippen MR) is 237 cm³/mol. The molecule has 2 fully saturated rings. The molecule has 1 saturated carbocycles. The van der Waals surface area contributed by atoms with Gasteiger partial charge in [0.1, 0.15) is 24.0 Å². The van der Waals surface area contributed by atoms with E-state index in [0.29, 0.717) is 56.9 Å². The van der Waals surface area contributed by atoms with E-state index in [1.807, 2.05) is 26.0 Å². The zero-order valence-electron chi connectivity index (χ0n) is 39.6. The molecule has 13 atom stereocenters. The number of hydrogen-bond donors (Lipinski definition) is 3.